The smallest absolute Gasteiger partial charge is 0.0751 e. The van der Waals surface area contributed by atoms with Crippen LogP contribution >= 0.6 is 23.5 Å². The summed E-state index contributed by atoms with van der Waals surface area (Å²) in [7, 11) is 0. The fraction of sp³-hybridized carbons (Fsp3) is 0.667. The normalized spacial score (nSPS) is 24.7. The molecule has 2 rings (SSSR count). The molecule has 0 radical (unpaired) electrons. The molecule has 1 aromatic carbocycles. The third kappa shape index (κ3) is 3.98. The highest BCUT2D eigenvalue weighted by Gasteiger charge is 2.31. The van der Waals surface area contributed by atoms with Crippen molar-refractivity contribution in [3.8, 4) is 0 Å². The van der Waals surface area contributed by atoms with Crippen molar-refractivity contribution in [2.24, 2.45) is 11.3 Å². The van der Waals surface area contributed by atoms with Gasteiger partial charge >= 0.3 is 0 Å². The highest BCUT2D eigenvalue weighted by molar-refractivity contribution is 8.16. The van der Waals surface area contributed by atoms with Gasteiger partial charge in [0.25, 0.3) is 0 Å². The van der Waals surface area contributed by atoms with E-state index in [2.05, 4.69) is 89.3 Å². The molecule has 0 spiro atoms. The summed E-state index contributed by atoms with van der Waals surface area (Å²) in [6.45, 7) is 14.0. The second-order valence-corrected chi connectivity index (χ2v) is 10.5. The second-order valence-electron chi connectivity index (χ2n) is 7.93. The van der Waals surface area contributed by atoms with Crippen LogP contribution < -0.4 is 0 Å². The molecule has 0 saturated carbocycles. The molecule has 2 heteroatoms. The molecule has 112 valence electrons. The van der Waals surface area contributed by atoms with Crippen LogP contribution in [0.3, 0.4) is 0 Å². The van der Waals surface area contributed by atoms with Gasteiger partial charge in [0.05, 0.1) is 4.58 Å². The molecule has 1 aliphatic heterocycles. The quantitative estimate of drug-likeness (QED) is 0.612. The van der Waals surface area contributed by atoms with Crippen molar-refractivity contribution in [2.75, 3.05) is 11.5 Å². The van der Waals surface area contributed by atoms with Gasteiger partial charge in [-0.1, -0.05) is 65.8 Å². The van der Waals surface area contributed by atoms with Crippen LogP contribution in [-0.4, -0.2) is 11.5 Å². The fourth-order valence-electron chi connectivity index (χ4n) is 2.34. The first-order chi connectivity index (χ1) is 9.18. The molecular formula is C18H28S2. The van der Waals surface area contributed by atoms with Gasteiger partial charge < -0.3 is 0 Å². The Morgan fingerprint density at radius 1 is 0.850 bits per heavy atom. The van der Waals surface area contributed by atoms with Gasteiger partial charge in [-0.05, 0) is 39.4 Å². The minimum atomic E-state index is 0.253. The van der Waals surface area contributed by atoms with Crippen LogP contribution in [0.5, 0.6) is 0 Å². The zero-order chi connectivity index (χ0) is 15.0. The Bertz CT molecular complexity index is 426. The second kappa shape index (κ2) is 5.96. The van der Waals surface area contributed by atoms with Crippen LogP contribution in [0.1, 0.15) is 57.3 Å². The van der Waals surface area contributed by atoms with E-state index in [-0.39, 0.29) is 5.41 Å². The average molecular weight is 309 g/mol. The summed E-state index contributed by atoms with van der Waals surface area (Å²) in [4.78, 5) is 0. The predicted molar refractivity (Wildman–Crippen MR) is 95.7 cm³/mol. The lowest BCUT2D eigenvalue weighted by molar-refractivity contribution is 0.292. The number of hydrogen-bond acceptors (Lipinski definition) is 2. The van der Waals surface area contributed by atoms with Crippen molar-refractivity contribution in [1.82, 2.24) is 0 Å². The van der Waals surface area contributed by atoms with Gasteiger partial charge in [-0.3, -0.25) is 0 Å². The van der Waals surface area contributed by atoms with Crippen LogP contribution in [0.4, 0.5) is 0 Å². The van der Waals surface area contributed by atoms with Crippen molar-refractivity contribution in [3.05, 3.63) is 35.4 Å². The highest BCUT2D eigenvalue weighted by atomic mass is 32.2. The summed E-state index contributed by atoms with van der Waals surface area (Å²) in [5, 5.41) is 0. The lowest BCUT2D eigenvalue weighted by Gasteiger charge is -2.36. The van der Waals surface area contributed by atoms with E-state index in [4.69, 9.17) is 0 Å². The zero-order valence-electron chi connectivity index (χ0n) is 13.7. The lowest BCUT2D eigenvalue weighted by atomic mass is 9.83. The third-order valence-electron chi connectivity index (χ3n) is 4.17. The first-order valence-electron chi connectivity index (χ1n) is 7.51. The van der Waals surface area contributed by atoms with Crippen molar-refractivity contribution in [3.63, 3.8) is 0 Å². The average Bonchev–Trinajstić information content (AvgIpc) is 2.37. The monoisotopic (exact) mass is 308 g/mol. The first kappa shape index (κ1) is 16.3. The molecule has 1 aliphatic rings. The van der Waals surface area contributed by atoms with Crippen LogP contribution in [0.25, 0.3) is 0 Å². The molecule has 1 aromatic rings. The van der Waals surface area contributed by atoms with Gasteiger partial charge in [-0.2, -0.15) is 0 Å². The van der Waals surface area contributed by atoms with E-state index >= 15 is 0 Å². The molecule has 0 amide bonds. The predicted octanol–water partition coefficient (Wildman–Crippen LogP) is 6.13. The van der Waals surface area contributed by atoms with E-state index in [1.165, 1.54) is 22.6 Å². The van der Waals surface area contributed by atoms with Crippen molar-refractivity contribution in [2.45, 2.75) is 51.5 Å². The van der Waals surface area contributed by atoms with Crippen LogP contribution in [0.15, 0.2) is 24.3 Å². The summed E-state index contributed by atoms with van der Waals surface area (Å²) >= 11 is 4.26. The first-order valence-corrected chi connectivity index (χ1v) is 9.61. The zero-order valence-corrected chi connectivity index (χ0v) is 15.3. The Balaban J connectivity index is 2.01. The van der Waals surface area contributed by atoms with E-state index in [9.17, 15) is 0 Å². The number of thioether (sulfide) groups is 2. The lowest BCUT2D eigenvalue weighted by Crippen LogP contribution is -2.27. The highest BCUT2D eigenvalue weighted by Crippen LogP contribution is 2.49. The Kier molecular flexibility index (Phi) is 4.86. The maximum atomic E-state index is 2.37. The number of hydrogen-bond donors (Lipinski definition) is 0. The van der Waals surface area contributed by atoms with E-state index < -0.39 is 0 Å². The summed E-state index contributed by atoms with van der Waals surface area (Å²) in [6, 6.07) is 9.30. The Labute approximate surface area is 133 Å². The Morgan fingerprint density at radius 2 is 1.35 bits per heavy atom. The van der Waals surface area contributed by atoms with Gasteiger partial charge in [0.1, 0.15) is 0 Å². The number of benzene rings is 1. The van der Waals surface area contributed by atoms with Crippen LogP contribution in [0, 0.1) is 11.3 Å². The molecule has 20 heavy (non-hydrogen) atoms. The SMILES string of the molecule is CC(C)(C)c1ccc(C2SCC(C(C)(C)C)CS2)cc1. The Hall–Kier alpha value is -0.0800. The van der Waals surface area contributed by atoms with Gasteiger partial charge in [0, 0.05) is 0 Å². The van der Waals surface area contributed by atoms with Crippen molar-refractivity contribution < 1.29 is 0 Å². The molecule has 1 heterocycles. The van der Waals surface area contributed by atoms with Gasteiger partial charge in [0.2, 0.25) is 0 Å². The van der Waals surface area contributed by atoms with E-state index in [0.717, 1.165) is 5.92 Å². The van der Waals surface area contributed by atoms with Crippen molar-refractivity contribution >= 4 is 23.5 Å². The van der Waals surface area contributed by atoms with E-state index in [1.54, 1.807) is 0 Å². The molecule has 1 fully saturated rings. The maximum absolute atomic E-state index is 2.37. The van der Waals surface area contributed by atoms with Gasteiger partial charge in [0.15, 0.2) is 0 Å². The van der Waals surface area contributed by atoms with Crippen molar-refractivity contribution in [1.29, 1.82) is 0 Å². The summed E-state index contributed by atoms with van der Waals surface area (Å²) < 4.78 is 0.627. The topological polar surface area (TPSA) is 0 Å². The molecule has 0 aliphatic carbocycles. The number of rotatable bonds is 1. The van der Waals surface area contributed by atoms with Gasteiger partial charge in [-0.25, -0.2) is 0 Å². The van der Waals surface area contributed by atoms with E-state index in [1.807, 2.05) is 0 Å². The summed E-state index contributed by atoms with van der Waals surface area (Å²) in [5.74, 6) is 3.42. The van der Waals surface area contributed by atoms with E-state index in [0.29, 0.717) is 10.00 Å². The molecule has 0 unspecified atom stereocenters. The molecular weight excluding hydrogens is 280 g/mol. The summed E-state index contributed by atoms with van der Waals surface area (Å²) in [6.07, 6.45) is 0. The summed E-state index contributed by atoms with van der Waals surface area (Å²) in [5.41, 5.74) is 3.61. The molecule has 0 nitrogen and oxygen atoms in total. The maximum Gasteiger partial charge on any atom is 0.0751 e. The van der Waals surface area contributed by atoms with Gasteiger partial charge in [-0.15, -0.1) is 23.5 Å². The third-order valence-corrected chi connectivity index (χ3v) is 7.33. The minimum Gasteiger partial charge on any atom is -0.142 e. The molecule has 0 atom stereocenters. The molecule has 0 aromatic heterocycles. The largest absolute Gasteiger partial charge is 0.142 e. The standard InChI is InChI=1S/C18H28S2/c1-17(2,3)14-9-7-13(8-10-14)16-19-11-15(12-20-16)18(4,5)6/h7-10,15-16H,11-12H2,1-6H3. The molecule has 0 bridgehead atoms. The minimum absolute atomic E-state index is 0.253. The van der Waals surface area contributed by atoms with Crippen LogP contribution in [-0.2, 0) is 5.41 Å². The van der Waals surface area contributed by atoms with Crippen LogP contribution in [0.2, 0.25) is 0 Å². The molecule has 0 N–H and O–H groups in total. The Morgan fingerprint density at radius 3 is 1.75 bits per heavy atom. The fourth-order valence-corrected chi connectivity index (χ4v) is 6.09. The molecule has 1 saturated heterocycles.